The quantitative estimate of drug-likeness (QED) is 0.703. The molecule has 0 radical (unpaired) electrons. The van der Waals surface area contributed by atoms with Crippen LogP contribution in [0.15, 0.2) is 30.3 Å². The lowest BCUT2D eigenvalue weighted by atomic mass is 10.00. The number of rotatable bonds is 9. The molecule has 1 rings (SSSR count). The van der Waals surface area contributed by atoms with E-state index in [1.807, 2.05) is 30.3 Å². The van der Waals surface area contributed by atoms with Crippen LogP contribution in [0.4, 0.5) is 0 Å². The van der Waals surface area contributed by atoms with Gasteiger partial charge in [-0.3, -0.25) is 4.79 Å². The van der Waals surface area contributed by atoms with Gasteiger partial charge in [0.2, 0.25) is 5.91 Å². The molecule has 1 unspecified atom stereocenters. The molecular formula is C16H22N2O2. The van der Waals surface area contributed by atoms with Gasteiger partial charge in [-0.2, -0.15) is 5.26 Å². The molecule has 20 heavy (non-hydrogen) atoms. The number of carbonyl (C=O) groups excluding carboxylic acids is 1. The summed E-state index contributed by atoms with van der Waals surface area (Å²) in [7, 11) is 1.68. The summed E-state index contributed by atoms with van der Waals surface area (Å²) in [6, 6.07) is 11.7. The molecule has 0 fully saturated rings. The largest absolute Gasteiger partial charge is 0.385 e. The van der Waals surface area contributed by atoms with Crippen LogP contribution in [0.3, 0.4) is 0 Å². The van der Waals surface area contributed by atoms with Gasteiger partial charge >= 0.3 is 0 Å². The SMILES string of the molecule is COCCCCCNC(=O)C(C#N)Cc1ccccc1. The van der Waals surface area contributed by atoms with Gasteiger partial charge in [-0.1, -0.05) is 30.3 Å². The van der Waals surface area contributed by atoms with Gasteiger partial charge in [-0.25, -0.2) is 0 Å². The molecule has 0 aromatic heterocycles. The van der Waals surface area contributed by atoms with Gasteiger partial charge < -0.3 is 10.1 Å². The minimum Gasteiger partial charge on any atom is -0.385 e. The molecule has 4 nitrogen and oxygen atoms in total. The number of ether oxygens (including phenoxy) is 1. The molecule has 0 aliphatic rings. The second kappa shape index (κ2) is 9.99. The van der Waals surface area contributed by atoms with Crippen LogP contribution in [0.1, 0.15) is 24.8 Å². The Bertz CT molecular complexity index is 426. The Morgan fingerprint density at radius 2 is 2.05 bits per heavy atom. The molecule has 1 N–H and O–H groups in total. The van der Waals surface area contributed by atoms with E-state index in [0.29, 0.717) is 13.0 Å². The Labute approximate surface area is 120 Å². The maximum atomic E-state index is 11.9. The average molecular weight is 274 g/mol. The Hall–Kier alpha value is -1.86. The summed E-state index contributed by atoms with van der Waals surface area (Å²) in [5, 5.41) is 11.9. The lowest BCUT2D eigenvalue weighted by Gasteiger charge is -2.10. The number of amides is 1. The molecule has 0 aliphatic heterocycles. The Balaban J connectivity index is 2.28. The van der Waals surface area contributed by atoms with Crippen LogP contribution in [0.2, 0.25) is 0 Å². The summed E-state index contributed by atoms with van der Waals surface area (Å²) in [6.07, 6.45) is 3.40. The predicted octanol–water partition coefficient (Wildman–Crippen LogP) is 2.30. The summed E-state index contributed by atoms with van der Waals surface area (Å²) < 4.78 is 4.96. The number of hydrogen-bond acceptors (Lipinski definition) is 3. The van der Waals surface area contributed by atoms with Gasteiger partial charge in [-0.05, 0) is 31.2 Å². The predicted molar refractivity (Wildman–Crippen MR) is 78.0 cm³/mol. The van der Waals surface area contributed by atoms with Gasteiger partial charge in [0, 0.05) is 20.3 Å². The van der Waals surface area contributed by atoms with Gasteiger partial charge in [0.05, 0.1) is 6.07 Å². The van der Waals surface area contributed by atoms with E-state index in [0.717, 1.165) is 31.4 Å². The molecule has 1 amide bonds. The van der Waals surface area contributed by atoms with E-state index in [2.05, 4.69) is 11.4 Å². The Kier molecular flexibility index (Phi) is 8.09. The summed E-state index contributed by atoms with van der Waals surface area (Å²) in [4.78, 5) is 11.9. The van der Waals surface area contributed by atoms with Crippen LogP contribution < -0.4 is 5.32 Å². The van der Waals surface area contributed by atoms with Crippen molar-refractivity contribution in [1.29, 1.82) is 5.26 Å². The van der Waals surface area contributed by atoms with E-state index < -0.39 is 5.92 Å². The van der Waals surface area contributed by atoms with Crippen molar-refractivity contribution in [2.75, 3.05) is 20.3 Å². The van der Waals surface area contributed by atoms with Crippen LogP contribution in [-0.2, 0) is 16.0 Å². The zero-order valence-corrected chi connectivity index (χ0v) is 12.0. The Morgan fingerprint density at radius 1 is 1.30 bits per heavy atom. The number of benzene rings is 1. The van der Waals surface area contributed by atoms with Crippen molar-refractivity contribution in [3.63, 3.8) is 0 Å². The maximum absolute atomic E-state index is 11.9. The third kappa shape index (κ3) is 6.35. The topological polar surface area (TPSA) is 62.1 Å². The van der Waals surface area contributed by atoms with E-state index >= 15 is 0 Å². The summed E-state index contributed by atoms with van der Waals surface area (Å²) in [6.45, 7) is 1.37. The van der Waals surface area contributed by atoms with Gasteiger partial charge in [0.15, 0.2) is 0 Å². The molecule has 108 valence electrons. The molecule has 0 bridgehead atoms. The molecule has 4 heteroatoms. The molecule has 0 saturated carbocycles. The van der Waals surface area contributed by atoms with Crippen molar-refractivity contribution >= 4 is 5.91 Å². The van der Waals surface area contributed by atoms with Gasteiger partial charge in [0.1, 0.15) is 5.92 Å². The van der Waals surface area contributed by atoms with E-state index in [-0.39, 0.29) is 5.91 Å². The van der Waals surface area contributed by atoms with Gasteiger partial charge in [0.25, 0.3) is 0 Å². The third-order valence-electron chi connectivity index (χ3n) is 3.08. The summed E-state index contributed by atoms with van der Waals surface area (Å²) in [5.41, 5.74) is 1.01. The second-order valence-corrected chi connectivity index (χ2v) is 4.72. The number of carbonyl (C=O) groups is 1. The molecular weight excluding hydrogens is 252 g/mol. The number of unbranched alkanes of at least 4 members (excludes halogenated alkanes) is 2. The van der Waals surface area contributed by atoms with Crippen molar-refractivity contribution in [3.8, 4) is 6.07 Å². The first-order chi connectivity index (χ1) is 9.77. The number of nitrogens with one attached hydrogen (secondary N) is 1. The van der Waals surface area contributed by atoms with Crippen LogP contribution in [-0.4, -0.2) is 26.2 Å². The van der Waals surface area contributed by atoms with Crippen LogP contribution >= 0.6 is 0 Å². The zero-order chi connectivity index (χ0) is 14.6. The fourth-order valence-electron chi connectivity index (χ4n) is 1.93. The number of nitriles is 1. The van der Waals surface area contributed by atoms with Crippen molar-refractivity contribution in [1.82, 2.24) is 5.32 Å². The van der Waals surface area contributed by atoms with Crippen LogP contribution in [0.25, 0.3) is 0 Å². The highest BCUT2D eigenvalue weighted by Gasteiger charge is 2.17. The fraction of sp³-hybridized carbons (Fsp3) is 0.500. The van der Waals surface area contributed by atoms with E-state index in [1.54, 1.807) is 7.11 Å². The van der Waals surface area contributed by atoms with E-state index in [9.17, 15) is 4.79 Å². The summed E-state index contributed by atoms with van der Waals surface area (Å²) >= 11 is 0. The lowest BCUT2D eigenvalue weighted by molar-refractivity contribution is -0.123. The molecule has 0 aliphatic carbocycles. The Morgan fingerprint density at radius 3 is 2.70 bits per heavy atom. The first-order valence-electron chi connectivity index (χ1n) is 6.98. The standard InChI is InChI=1S/C16H22N2O2/c1-20-11-7-3-6-10-18-16(19)15(13-17)12-14-8-4-2-5-9-14/h2,4-5,8-9,15H,3,6-7,10-12H2,1H3,(H,18,19). The molecule has 0 heterocycles. The highest BCUT2D eigenvalue weighted by molar-refractivity contribution is 5.81. The van der Waals surface area contributed by atoms with E-state index in [1.165, 1.54) is 0 Å². The minimum atomic E-state index is -0.614. The van der Waals surface area contributed by atoms with Crippen LogP contribution in [0.5, 0.6) is 0 Å². The number of nitrogens with zero attached hydrogens (tertiary/aromatic N) is 1. The zero-order valence-electron chi connectivity index (χ0n) is 12.0. The molecule has 0 saturated heterocycles. The summed E-state index contributed by atoms with van der Waals surface area (Å²) in [5.74, 6) is -0.792. The number of methoxy groups -OCH3 is 1. The molecule has 0 spiro atoms. The van der Waals surface area contributed by atoms with Crippen LogP contribution in [0, 0.1) is 17.2 Å². The molecule has 1 aromatic rings. The van der Waals surface area contributed by atoms with Crippen molar-refractivity contribution in [2.24, 2.45) is 5.92 Å². The molecule has 1 atom stereocenters. The maximum Gasteiger partial charge on any atom is 0.237 e. The first kappa shape index (κ1) is 16.2. The first-order valence-corrected chi connectivity index (χ1v) is 6.98. The average Bonchev–Trinajstić information content (AvgIpc) is 2.49. The smallest absolute Gasteiger partial charge is 0.237 e. The highest BCUT2D eigenvalue weighted by Crippen LogP contribution is 2.08. The van der Waals surface area contributed by atoms with Crippen molar-refractivity contribution < 1.29 is 9.53 Å². The number of hydrogen-bond donors (Lipinski definition) is 1. The van der Waals surface area contributed by atoms with Crippen molar-refractivity contribution in [2.45, 2.75) is 25.7 Å². The third-order valence-corrected chi connectivity index (χ3v) is 3.08. The molecule has 1 aromatic carbocycles. The fourth-order valence-corrected chi connectivity index (χ4v) is 1.93. The van der Waals surface area contributed by atoms with E-state index in [4.69, 9.17) is 10.00 Å². The lowest BCUT2D eigenvalue weighted by Crippen LogP contribution is -2.31. The second-order valence-electron chi connectivity index (χ2n) is 4.72. The van der Waals surface area contributed by atoms with Gasteiger partial charge in [-0.15, -0.1) is 0 Å². The highest BCUT2D eigenvalue weighted by atomic mass is 16.5. The monoisotopic (exact) mass is 274 g/mol. The minimum absolute atomic E-state index is 0.178. The normalized spacial score (nSPS) is 11.6. The van der Waals surface area contributed by atoms with Crippen molar-refractivity contribution in [3.05, 3.63) is 35.9 Å².